The maximum atomic E-state index is 13.4. The van der Waals surface area contributed by atoms with Crippen molar-refractivity contribution in [3.8, 4) is 0 Å². The van der Waals surface area contributed by atoms with E-state index in [1.165, 1.54) is 0 Å². The molecule has 3 aromatic rings. The molecule has 156 valence electrons. The molecule has 0 saturated heterocycles. The Morgan fingerprint density at radius 2 is 1.61 bits per heavy atom. The standard InChI is InChI=1S/C27H24ClNO2/c1-27(2)15-23-26(24(30)16-27)22(19-8-7-17-5-3-4-6-18(17)13-19)14-25(31)29(23)21-11-9-20(28)10-12-21/h3-13,22H,14-16H2,1-2H3. The fourth-order valence-electron chi connectivity index (χ4n) is 5.01. The van der Waals surface area contributed by atoms with Gasteiger partial charge in [0.05, 0.1) is 0 Å². The van der Waals surface area contributed by atoms with Crippen LogP contribution in [0.15, 0.2) is 78.0 Å². The van der Waals surface area contributed by atoms with E-state index in [0.717, 1.165) is 33.3 Å². The highest BCUT2D eigenvalue weighted by molar-refractivity contribution is 6.30. The Labute approximate surface area is 187 Å². The first kappa shape index (κ1) is 20.0. The lowest BCUT2D eigenvalue weighted by atomic mass is 9.69. The molecule has 1 atom stereocenters. The van der Waals surface area contributed by atoms with Gasteiger partial charge in [0.2, 0.25) is 5.91 Å². The summed E-state index contributed by atoms with van der Waals surface area (Å²) >= 11 is 6.07. The van der Waals surface area contributed by atoms with Crippen LogP contribution >= 0.6 is 11.6 Å². The molecule has 1 amide bonds. The van der Waals surface area contributed by atoms with Crippen LogP contribution in [0.4, 0.5) is 5.69 Å². The van der Waals surface area contributed by atoms with E-state index in [-0.39, 0.29) is 29.4 Å². The third-order valence-electron chi connectivity index (χ3n) is 6.40. The minimum absolute atomic E-state index is 0.0183. The number of benzene rings is 3. The Morgan fingerprint density at radius 3 is 2.35 bits per heavy atom. The van der Waals surface area contributed by atoms with Crippen LogP contribution in [0.1, 0.15) is 44.6 Å². The number of nitrogens with zero attached hydrogens (tertiary/aromatic N) is 1. The first-order chi connectivity index (χ1) is 14.8. The molecular formula is C27H24ClNO2. The molecular weight excluding hydrogens is 406 g/mol. The van der Waals surface area contributed by atoms with Gasteiger partial charge in [-0.2, -0.15) is 0 Å². The number of fused-ring (bicyclic) bond motifs is 1. The third kappa shape index (κ3) is 3.57. The number of amides is 1. The van der Waals surface area contributed by atoms with E-state index in [1.54, 1.807) is 17.0 Å². The predicted octanol–water partition coefficient (Wildman–Crippen LogP) is 6.66. The number of allylic oxidation sites excluding steroid dienone is 2. The predicted molar refractivity (Wildman–Crippen MR) is 125 cm³/mol. The van der Waals surface area contributed by atoms with Gasteiger partial charge in [0, 0.05) is 40.7 Å². The summed E-state index contributed by atoms with van der Waals surface area (Å²) < 4.78 is 0. The van der Waals surface area contributed by atoms with E-state index < -0.39 is 0 Å². The smallest absolute Gasteiger partial charge is 0.232 e. The van der Waals surface area contributed by atoms with Crippen LogP contribution in [0.2, 0.25) is 5.02 Å². The van der Waals surface area contributed by atoms with Crippen LogP contribution in [0.3, 0.4) is 0 Å². The highest BCUT2D eigenvalue weighted by Crippen LogP contribution is 2.48. The number of carbonyl (C=O) groups is 2. The van der Waals surface area contributed by atoms with Gasteiger partial charge in [0.25, 0.3) is 0 Å². The van der Waals surface area contributed by atoms with Crippen LogP contribution in [0, 0.1) is 5.41 Å². The molecule has 0 bridgehead atoms. The Bertz CT molecular complexity index is 1240. The summed E-state index contributed by atoms with van der Waals surface area (Å²) in [7, 11) is 0. The van der Waals surface area contributed by atoms with Crippen molar-refractivity contribution < 1.29 is 9.59 Å². The second-order valence-electron chi connectivity index (χ2n) is 9.37. The summed E-state index contributed by atoms with van der Waals surface area (Å²) in [5.41, 5.74) is 3.25. The lowest BCUT2D eigenvalue weighted by Gasteiger charge is -2.43. The summed E-state index contributed by atoms with van der Waals surface area (Å²) in [4.78, 5) is 28.6. The van der Waals surface area contributed by atoms with Gasteiger partial charge in [0.15, 0.2) is 5.78 Å². The van der Waals surface area contributed by atoms with Crippen molar-refractivity contribution >= 4 is 39.8 Å². The molecule has 0 spiro atoms. The van der Waals surface area contributed by atoms with Crippen molar-refractivity contribution in [2.45, 2.75) is 39.0 Å². The number of hydrogen-bond acceptors (Lipinski definition) is 2. The van der Waals surface area contributed by atoms with Crippen LogP contribution in [0.5, 0.6) is 0 Å². The van der Waals surface area contributed by atoms with Crippen molar-refractivity contribution in [1.29, 1.82) is 0 Å². The normalized spacial score (nSPS) is 20.9. The van der Waals surface area contributed by atoms with Crippen molar-refractivity contribution in [3.05, 3.63) is 88.6 Å². The van der Waals surface area contributed by atoms with Gasteiger partial charge in [-0.1, -0.05) is 67.9 Å². The van der Waals surface area contributed by atoms with Crippen LogP contribution < -0.4 is 4.90 Å². The number of anilines is 1. The van der Waals surface area contributed by atoms with E-state index in [2.05, 4.69) is 44.2 Å². The molecule has 5 rings (SSSR count). The minimum Gasteiger partial charge on any atom is -0.294 e. The van der Waals surface area contributed by atoms with Gasteiger partial charge >= 0.3 is 0 Å². The lowest BCUT2D eigenvalue weighted by molar-refractivity contribution is -0.121. The molecule has 2 aliphatic rings. The Kier molecular flexibility index (Phi) is 4.75. The Hall–Kier alpha value is -2.91. The molecule has 3 aromatic carbocycles. The van der Waals surface area contributed by atoms with Crippen molar-refractivity contribution in [2.24, 2.45) is 5.41 Å². The van der Waals surface area contributed by atoms with Crippen LogP contribution in [-0.2, 0) is 9.59 Å². The van der Waals surface area contributed by atoms with Gasteiger partial charge < -0.3 is 0 Å². The topological polar surface area (TPSA) is 37.4 Å². The fourth-order valence-corrected chi connectivity index (χ4v) is 5.14. The molecule has 0 aromatic heterocycles. The molecule has 1 aliphatic heterocycles. The first-order valence-electron chi connectivity index (χ1n) is 10.7. The average Bonchev–Trinajstić information content (AvgIpc) is 2.73. The largest absolute Gasteiger partial charge is 0.294 e. The third-order valence-corrected chi connectivity index (χ3v) is 6.66. The quantitative estimate of drug-likeness (QED) is 0.457. The maximum absolute atomic E-state index is 13.4. The number of rotatable bonds is 2. The fraction of sp³-hybridized carbons (Fsp3) is 0.259. The van der Waals surface area contributed by atoms with Crippen molar-refractivity contribution in [2.75, 3.05) is 4.90 Å². The number of Topliss-reactive ketones (excluding diaryl/α,β-unsaturated/α-hetero) is 1. The number of ketones is 1. The monoisotopic (exact) mass is 429 g/mol. The zero-order valence-corrected chi connectivity index (χ0v) is 18.4. The van der Waals surface area contributed by atoms with E-state index in [1.807, 2.05) is 24.3 Å². The second kappa shape index (κ2) is 7.35. The van der Waals surface area contributed by atoms with Gasteiger partial charge in [-0.3, -0.25) is 14.5 Å². The van der Waals surface area contributed by atoms with Gasteiger partial charge in [-0.25, -0.2) is 0 Å². The number of halogens is 1. The van der Waals surface area contributed by atoms with E-state index in [9.17, 15) is 9.59 Å². The molecule has 0 N–H and O–H groups in total. The van der Waals surface area contributed by atoms with Crippen LogP contribution in [0.25, 0.3) is 10.8 Å². The summed E-state index contributed by atoms with van der Waals surface area (Å²) in [5, 5.41) is 2.90. The zero-order valence-electron chi connectivity index (χ0n) is 17.7. The molecule has 0 radical (unpaired) electrons. The molecule has 31 heavy (non-hydrogen) atoms. The second-order valence-corrected chi connectivity index (χ2v) is 9.81. The van der Waals surface area contributed by atoms with Crippen LogP contribution in [-0.4, -0.2) is 11.7 Å². The highest BCUT2D eigenvalue weighted by atomic mass is 35.5. The van der Waals surface area contributed by atoms with Gasteiger partial charge in [-0.15, -0.1) is 0 Å². The molecule has 0 saturated carbocycles. The Morgan fingerprint density at radius 1 is 0.903 bits per heavy atom. The molecule has 3 nitrogen and oxygen atoms in total. The van der Waals surface area contributed by atoms with Gasteiger partial charge in [0.1, 0.15) is 0 Å². The molecule has 4 heteroatoms. The van der Waals surface area contributed by atoms with E-state index >= 15 is 0 Å². The van der Waals surface area contributed by atoms with E-state index in [4.69, 9.17) is 11.6 Å². The van der Waals surface area contributed by atoms with E-state index in [0.29, 0.717) is 17.9 Å². The Balaban J connectivity index is 1.68. The van der Waals surface area contributed by atoms with Crippen molar-refractivity contribution in [3.63, 3.8) is 0 Å². The lowest BCUT2D eigenvalue weighted by Crippen LogP contribution is -2.43. The summed E-state index contributed by atoms with van der Waals surface area (Å²) in [6, 6.07) is 21.7. The molecule has 1 unspecified atom stereocenters. The number of hydrogen-bond donors (Lipinski definition) is 0. The average molecular weight is 430 g/mol. The molecule has 1 heterocycles. The minimum atomic E-state index is -0.209. The highest BCUT2D eigenvalue weighted by Gasteiger charge is 2.44. The number of carbonyl (C=O) groups excluding carboxylic acids is 2. The molecule has 0 fully saturated rings. The summed E-state index contributed by atoms with van der Waals surface area (Å²) in [5.74, 6) is -0.0418. The summed E-state index contributed by atoms with van der Waals surface area (Å²) in [6.45, 7) is 4.19. The summed E-state index contributed by atoms with van der Waals surface area (Å²) in [6.07, 6.45) is 1.47. The first-order valence-corrected chi connectivity index (χ1v) is 11.0. The van der Waals surface area contributed by atoms with Gasteiger partial charge in [-0.05, 0) is 52.4 Å². The van der Waals surface area contributed by atoms with Crippen molar-refractivity contribution in [1.82, 2.24) is 0 Å². The zero-order chi connectivity index (χ0) is 21.8. The maximum Gasteiger partial charge on any atom is 0.232 e. The molecule has 1 aliphatic carbocycles. The SMILES string of the molecule is CC1(C)CC(=O)C2=C(C1)N(c1ccc(Cl)cc1)C(=O)CC2c1ccc2ccccc2c1.